The van der Waals surface area contributed by atoms with Crippen LogP contribution in [-0.2, 0) is 4.79 Å². The molecule has 1 aliphatic heterocycles. The van der Waals surface area contributed by atoms with Gasteiger partial charge in [0.1, 0.15) is 5.69 Å². The Morgan fingerprint density at radius 3 is 2.60 bits per heavy atom. The van der Waals surface area contributed by atoms with E-state index < -0.39 is 17.5 Å². The van der Waals surface area contributed by atoms with Gasteiger partial charge in [0.2, 0.25) is 0 Å². The Labute approximate surface area is 114 Å². The van der Waals surface area contributed by atoms with E-state index in [1.807, 2.05) is 0 Å². The number of halogens is 3. The molecule has 1 atom stereocenters. The van der Waals surface area contributed by atoms with Crippen LogP contribution < -0.4 is 5.01 Å². The van der Waals surface area contributed by atoms with Gasteiger partial charge in [-0.2, -0.15) is 10.1 Å². The fourth-order valence-corrected chi connectivity index (χ4v) is 2.73. The summed E-state index contributed by atoms with van der Waals surface area (Å²) >= 11 is 0. The number of amides is 1. The zero-order valence-corrected chi connectivity index (χ0v) is 10.7. The van der Waals surface area contributed by atoms with Crippen molar-refractivity contribution < 1.29 is 18.0 Å². The molecule has 0 saturated heterocycles. The zero-order valence-electron chi connectivity index (χ0n) is 10.7. The molecule has 0 bridgehead atoms. The summed E-state index contributed by atoms with van der Waals surface area (Å²) in [5.41, 5.74) is 0.395. The van der Waals surface area contributed by atoms with Crippen LogP contribution in [0.25, 0.3) is 0 Å². The van der Waals surface area contributed by atoms with Crippen LogP contribution >= 0.6 is 0 Å². The van der Waals surface area contributed by atoms with E-state index in [-0.39, 0.29) is 17.5 Å². The number of anilines is 1. The highest BCUT2D eigenvalue weighted by molar-refractivity contribution is 6.15. The molecule has 1 unspecified atom stereocenters. The van der Waals surface area contributed by atoms with E-state index in [4.69, 9.17) is 0 Å². The van der Waals surface area contributed by atoms with Crippen LogP contribution in [-0.4, -0.2) is 11.6 Å². The second-order valence-corrected chi connectivity index (χ2v) is 5.11. The van der Waals surface area contributed by atoms with E-state index in [9.17, 15) is 18.0 Å². The molecule has 20 heavy (non-hydrogen) atoms. The molecular formula is C14H13F3N2O. The number of hydrogen-bond donors (Lipinski definition) is 0. The van der Waals surface area contributed by atoms with Gasteiger partial charge >= 0.3 is 0 Å². The quantitative estimate of drug-likeness (QED) is 0.727. The highest BCUT2D eigenvalue weighted by Crippen LogP contribution is 2.33. The van der Waals surface area contributed by atoms with Gasteiger partial charge in [0.15, 0.2) is 17.5 Å². The Kier molecular flexibility index (Phi) is 3.23. The summed E-state index contributed by atoms with van der Waals surface area (Å²) in [5.74, 6) is -4.16. The monoisotopic (exact) mass is 282 g/mol. The maximum atomic E-state index is 13.7. The van der Waals surface area contributed by atoms with E-state index >= 15 is 0 Å². The standard InChI is InChI=1S/C14H13F3N2O/c15-9-6-11(17)13(7-10(9)16)19-14(20)8-4-2-1-3-5-12(8)18-19/h6-8H,1-5H2. The number of carbonyl (C=O) groups is 1. The minimum atomic E-state index is -1.28. The predicted molar refractivity (Wildman–Crippen MR) is 67.8 cm³/mol. The molecule has 0 N–H and O–H groups in total. The fraction of sp³-hybridized carbons (Fsp3) is 0.429. The molecule has 3 rings (SSSR count). The molecule has 3 nitrogen and oxygen atoms in total. The normalized spacial score (nSPS) is 22.6. The molecule has 1 fully saturated rings. The second-order valence-electron chi connectivity index (χ2n) is 5.11. The van der Waals surface area contributed by atoms with Crippen LogP contribution in [0, 0.1) is 23.4 Å². The van der Waals surface area contributed by atoms with Gasteiger partial charge in [-0.3, -0.25) is 4.79 Å². The van der Waals surface area contributed by atoms with Crippen molar-refractivity contribution in [3.63, 3.8) is 0 Å². The third kappa shape index (κ3) is 2.09. The largest absolute Gasteiger partial charge is 0.272 e. The summed E-state index contributed by atoms with van der Waals surface area (Å²) in [6.45, 7) is 0. The Bertz CT molecular complexity index is 600. The van der Waals surface area contributed by atoms with Crippen LogP contribution in [0.4, 0.5) is 18.9 Å². The lowest BCUT2D eigenvalue weighted by Crippen LogP contribution is -2.27. The Morgan fingerprint density at radius 1 is 1.05 bits per heavy atom. The SMILES string of the molecule is O=C1C2CCCCCC2=NN1c1cc(F)c(F)cc1F. The third-order valence-corrected chi connectivity index (χ3v) is 3.78. The van der Waals surface area contributed by atoms with Crippen LogP contribution in [0.2, 0.25) is 0 Å². The Morgan fingerprint density at radius 2 is 1.80 bits per heavy atom. The molecule has 1 amide bonds. The van der Waals surface area contributed by atoms with E-state index in [1.165, 1.54) is 0 Å². The Balaban J connectivity index is 1.99. The molecular weight excluding hydrogens is 269 g/mol. The number of fused-ring (bicyclic) bond motifs is 1. The number of carbonyl (C=O) groups excluding carboxylic acids is 1. The molecule has 0 aromatic heterocycles. The lowest BCUT2D eigenvalue weighted by atomic mass is 9.98. The maximum Gasteiger partial charge on any atom is 0.256 e. The fourth-order valence-electron chi connectivity index (χ4n) is 2.73. The molecule has 2 aliphatic rings. The smallest absolute Gasteiger partial charge is 0.256 e. The number of benzene rings is 1. The lowest BCUT2D eigenvalue weighted by Gasteiger charge is -2.15. The molecule has 1 aliphatic carbocycles. The first-order chi connectivity index (χ1) is 9.58. The van der Waals surface area contributed by atoms with E-state index in [2.05, 4.69) is 5.10 Å². The first-order valence-corrected chi connectivity index (χ1v) is 6.64. The van der Waals surface area contributed by atoms with Gasteiger partial charge < -0.3 is 0 Å². The lowest BCUT2D eigenvalue weighted by molar-refractivity contribution is -0.119. The average molecular weight is 282 g/mol. The summed E-state index contributed by atoms with van der Waals surface area (Å²) < 4.78 is 39.9. The molecule has 1 heterocycles. The van der Waals surface area contributed by atoms with Gasteiger partial charge in [0.05, 0.1) is 11.6 Å². The predicted octanol–water partition coefficient (Wildman–Crippen LogP) is 3.39. The average Bonchev–Trinajstić information content (AvgIpc) is 2.61. The van der Waals surface area contributed by atoms with Gasteiger partial charge in [0, 0.05) is 12.1 Å². The van der Waals surface area contributed by atoms with Crippen LogP contribution in [0.15, 0.2) is 17.2 Å². The topological polar surface area (TPSA) is 32.7 Å². The summed E-state index contributed by atoms with van der Waals surface area (Å²) in [6.07, 6.45) is 4.28. The molecule has 1 saturated carbocycles. The van der Waals surface area contributed by atoms with Crippen molar-refractivity contribution in [3.05, 3.63) is 29.6 Å². The minimum Gasteiger partial charge on any atom is -0.272 e. The summed E-state index contributed by atoms with van der Waals surface area (Å²) in [4.78, 5) is 12.3. The molecule has 106 valence electrons. The van der Waals surface area contributed by atoms with Gasteiger partial charge in [-0.25, -0.2) is 13.2 Å². The van der Waals surface area contributed by atoms with E-state index in [1.54, 1.807) is 0 Å². The van der Waals surface area contributed by atoms with Crippen molar-refractivity contribution in [1.82, 2.24) is 0 Å². The Hall–Kier alpha value is -1.85. The van der Waals surface area contributed by atoms with Crippen molar-refractivity contribution in [2.75, 3.05) is 5.01 Å². The highest BCUT2D eigenvalue weighted by Gasteiger charge is 2.38. The van der Waals surface area contributed by atoms with Crippen molar-refractivity contribution in [1.29, 1.82) is 0 Å². The van der Waals surface area contributed by atoms with E-state index in [0.717, 1.165) is 30.0 Å². The van der Waals surface area contributed by atoms with Crippen molar-refractivity contribution in [3.8, 4) is 0 Å². The van der Waals surface area contributed by atoms with Crippen molar-refractivity contribution in [2.45, 2.75) is 32.1 Å². The summed E-state index contributed by atoms with van der Waals surface area (Å²) in [6, 6.07) is 1.12. The van der Waals surface area contributed by atoms with Crippen LogP contribution in [0.3, 0.4) is 0 Å². The van der Waals surface area contributed by atoms with Crippen molar-refractivity contribution in [2.24, 2.45) is 11.0 Å². The first-order valence-electron chi connectivity index (χ1n) is 6.64. The minimum absolute atomic E-state index is 0.325. The van der Waals surface area contributed by atoms with E-state index in [0.29, 0.717) is 25.0 Å². The number of hydrazone groups is 1. The number of hydrogen-bond acceptors (Lipinski definition) is 2. The van der Waals surface area contributed by atoms with Crippen LogP contribution in [0.1, 0.15) is 32.1 Å². The number of rotatable bonds is 1. The summed E-state index contributed by atoms with van der Waals surface area (Å²) in [7, 11) is 0. The second kappa shape index (κ2) is 4.92. The summed E-state index contributed by atoms with van der Waals surface area (Å²) in [5, 5.41) is 5.00. The van der Waals surface area contributed by atoms with Gasteiger partial charge in [-0.15, -0.1) is 0 Å². The third-order valence-electron chi connectivity index (χ3n) is 3.78. The zero-order chi connectivity index (χ0) is 14.3. The van der Waals surface area contributed by atoms with Gasteiger partial charge in [-0.1, -0.05) is 12.8 Å². The molecule has 1 aromatic carbocycles. The first kappa shape index (κ1) is 13.1. The molecule has 0 radical (unpaired) electrons. The highest BCUT2D eigenvalue weighted by atomic mass is 19.2. The molecule has 0 spiro atoms. The van der Waals surface area contributed by atoms with Gasteiger partial charge in [-0.05, 0) is 19.3 Å². The van der Waals surface area contributed by atoms with Crippen molar-refractivity contribution >= 4 is 17.3 Å². The molecule has 1 aromatic rings. The number of nitrogens with zero attached hydrogens (tertiary/aromatic N) is 2. The van der Waals surface area contributed by atoms with Gasteiger partial charge in [0.25, 0.3) is 5.91 Å². The molecule has 6 heteroatoms. The van der Waals surface area contributed by atoms with Crippen LogP contribution in [0.5, 0.6) is 0 Å². The maximum absolute atomic E-state index is 13.7.